The third kappa shape index (κ3) is 3.78. The molecule has 148 valence electrons. The van der Waals surface area contributed by atoms with E-state index in [1.54, 1.807) is 14.2 Å². The van der Waals surface area contributed by atoms with Crippen molar-refractivity contribution in [2.45, 2.75) is 12.5 Å². The number of nitrogens with zero attached hydrogens (tertiary/aromatic N) is 2. The van der Waals surface area contributed by atoms with E-state index in [0.29, 0.717) is 22.2 Å². The van der Waals surface area contributed by atoms with Gasteiger partial charge in [0.1, 0.15) is 11.5 Å². The zero-order valence-corrected chi connectivity index (χ0v) is 17.6. The van der Waals surface area contributed by atoms with Crippen LogP contribution in [0.4, 0.5) is 5.69 Å². The molecule has 4 rings (SSSR count). The maximum atomic E-state index is 6.55. The molecule has 0 bridgehead atoms. The third-order valence-corrected chi connectivity index (χ3v) is 5.64. The summed E-state index contributed by atoms with van der Waals surface area (Å²) in [5.74, 6) is 1.44. The van der Waals surface area contributed by atoms with Gasteiger partial charge in [0.05, 0.1) is 31.7 Å². The number of anilines is 1. The third-order valence-electron chi connectivity index (χ3n) is 4.98. The zero-order chi connectivity index (χ0) is 20.4. The van der Waals surface area contributed by atoms with Crippen LogP contribution in [0.15, 0.2) is 71.8 Å². The quantitative estimate of drug-likeness (QED) is 0.475. The van der Waals surface area contributed by atoms with Gasteiger partial charge in [-0.3, -0.25) is 5.01 Å². The molecule has 0 amide bonds. The molecule has 1 aliphatic heterocycles. The summed E-state index contributed by atoms with van der Waals surface area (Å²) in [6.07, 6.45) is 0.640. The molecular weight excluding hydrogens is 407 g/mol. The molecule has 4 nitrogen and oxygen atoms in total. The van der Waals surface area contributed by atoms with Gasteiger partial charge in [-0.1, -0.05) is 47.5 Å². The Kier molecular flexibility index (Phi) is 5.65. The zero-order valence-electron chi connectivity index (χ0n) is 16.1. The number of halogens is 2. The number of hydrogen-bond acceptors (Lipinski definition) is 4. The second-order valence-electron chi connectivity index (χ2n) is 6.65. The van der Waals surface area contributed by atoms with Crippen LogP contribution in [-0.2, 0) is 0 Å². The highest BCUT2D eigenvalue weighted by molar-refractivity contribution is 6.36. The van der Waals surface area contributed by atoms with Gasteiger partial charge in [-0.2, -0.15) is 5.10 Å². The van der Waals surface area contributed by atoms with Crippen LogP contribution in [0.25, 0.3) is 0 Å². The molecule has 1 heterocycles. The minimum Gasteiger partial charge on any atom is -0.497 e. The van der Waals surface area contributed by atoms with Crippen LogP contribution in [-0.4, -0.2) is 19.9 Å². The Morgan fingerprint density at radius 1 is 0.897 bits per heavy atom. The van der Waals surface area contributed by atoms with Crippen LogP contribution < -0.4 is 14.5 Å². The van der Waals surface area contributed by atoms with Crippen molar-refractivity contribution in [2.75, 3.05) is 19.2 Å². The molecule has 3 aromatic carbocycles. The number of hydrazone groups is 1. The highest BCUT2D eigenvalue weighted by Crippen LogP contribution is 2.43. The molecule has 0 spiro atoms. The molecule has 0 radical (unpaired) electrons. The molecule has 1 unspecified atom stereocenters. The Balaban J connectivity index is 1.82. The molecule has 0 saturated carbocycles. The van der Waals surface area contributed by atoms with E-state index in [0.717, 1.165) is 28.3 Å². The van der Waals surface area contributed by atoms with Crippen molar-refractivity contribution in [3.05, 3.63) is 87.9 Å². The first kappa shape index (κ1) is 19.6. The second-order valence-corrected chi connectivity index (χ2v) is 7.46. The average molecular weight is 427 g/mol. The fraction of sp³-hybridized carbons (Fsp3) is 0.174. The molecule has 1 atom stereocenters. The lowest BCUT2D eigenvalue weighted by atomic mass is 9.97. The summed E-state index contributed by atoms with van der Waals surface area (Å²) in [6.45, 7) is 0. The first-order chi connectivity index (χ1) is 14.1. The smallest absolute Gasteiger partial charge is 0.131 e. The summed E-state index contributed by atoms with van der Waals surface area (Å²) in [5, 5.41) is 8.18. The van der Waals surface area contributed by atoms with Crippen LogP contribution in [0, 0.1) is 0 Å². The molecule has 0 aromatic heterocycles. The van der Waals surface area contributed by atoms with Crippen LogP contribution in [0.1, 0.15) is 23.6 Å². The SMILES string of the molecule is COc1ccc(C2=NN(c3ccccc3)C(c3c(Cl)cccc3Cl)C2)c(OC)c1. The lowest BCUT2D eigenvalue weighted by molar-refractivity contribution is 0.394. The van der Waals surface area contributed by atoms with Crippen LogP contribution >= 0.6 is 23.2 Å². The van der Waals surface area contributed by atoms with Crippen molar-refractivity contribution in [3.63, 3.8) is 0 Å². The van der Waals surface area contributed by atoms with Gasteiger partial charge >= 0.3 is 0 Å². The van der Waals surface area contributed by atoms with E-state index in [2.05, 4.69) is 0 Å². The number of ether oxygens (including phenoxy) is 2. The topological polar surface area (TPSA) is 34.1 Å². The van der Waals surface area contributed by atoms with Crippen molar-refractivity contribution < 1.29 is 9.47 Å². The van der Waals surface area contributed by atoms with Gasteiger partial charge in [0.25, 0.3) is 0 Å². The van der Waals surface area contributed by atoms with Crippen LogP contribution in [0.5, 0.6) is 11.5 Å². The van der Waals surface area contributed by atoms with Gasteiger partial charge in [-0.05, 0) is 36.4 Å². The second kappa shape index (κ2) is 8.36. The fourth-order valence-electron chi connectivity index (χ4n) is 3.58. The molecule has 0 aliphatic carbocycles. The Morgan fingerprint density at radius 3 is 2.28 bits per heavy atom. The predicted molar refractivity (Wildman–Crippen MR) is 119 cm³/mol. The summed E-state index contributed by atoms with van der Waals surface area (Å²) in [6, 6.07) is 21.2. The summed E-state index contributed by atoms with van der Waals surface area (Å²) < 4.78 is 10.9. The van der Waals surface area contributed by atoms with Crippen molar-refractivity contribution in [2.24, 2.45) is 5.10 Å². The summed E-state index contributed by atoms with van der Waals surface area (Å²) in [5.41, 5.74) is 3.65. The van der Waals surface area contributed by atoms with Crippen LogP contribution in [0.3, 0.4) is 0 Å². The van der Waals surface area contributed by atoms with Crippen molar-refractivity contribution in [1.29, 1.82) is 0 Å². The Labute approximate surface area is 180 Å². The Morgan fingerprint density at radius 2 is 1.62 bits per heavy atom. The maximum absolute atomic E-state index is 6.55. The molecule has 0 N–H and O–H groups in total. The van der Waals surface area contributed by atoms with Gasteiger partial charge in [-0.15, -0.1) is 0 Å². The first-order valence-corrected chi connectivity index (χ1v) is 9.96. The molecule has 0 fully saturated rings. The van der Waals surface area contributed by atoms with Gasteiger partial charge in [0.2, 0.25) is 0 Å². The highest BCUT2D eigenvalue weighted by atomic mass is 35.5. The van der Waals surface area contributed by atoms with E-state index in [1.165, 1.54) is 0 Å². The number of hydrogen-bond donors (Lipinski definition) is 0. The van der Waals surface area contributed by atoms with Crippen molar-refractivity contribution in [1.82, 2.24) is 0 Å². The Bertz CT molecular complexity index is 1030. The predicted octanol–water partition coefficient (Wildman–Crippen LogP) is 6.37. The molecule has 0 saturated heterocycles. The Hall–Kier alpha value is -2.69. The van der Waals surface area contributed by atoms with E-state index < -0.39 is 0 Å². The van der Waals surface area contributed by atoms with Crippen LogP contribution in [0.2, 0.25) is 10.0 Å². The minimum atomic E-state index is -0.125. The summed E-state index contributed by atoms with van der Waals surface area (Å²) >= 11 is 13.1. The van der Waals surface area contributed by atoms with Gasteiger partial charge < -0.3 is 9.47 Å². The van der Waals surface area contributed by atoms with Gasteiger partial charge in [0, 0.05) is 33.7 Å². The monoisotopic (exact) mass is 426 g/mol. The fourth-order valence-corrected chi connectivity index (χ4v) is 4.23. The first-order valence-electron chi connectivity index (χ1n) is 9.20. The number of para-hydroxylation sites is 1. The highest BCUT2D eigenvalue weighted by Gasteiger charge is 2.33. The molecule has 1 aliphatic rings. The largest absolute Gasteiger partial charge is 0.497 e. The number of benzene rings is 3. The lowest BCUT2D eigenvalue weighted by Gasteiger charge is -2.25. The van der Waals surface area contributed by atoms with Crippen molar-refractivity contribution in [3.8, 4) is 11.5 Å². The number of methoxy groups -OCH3 is 2. The summed E-state index contributed by atoms with van der Waals surface area (Å²) in [7, 11) is 3.28. The number of rotatable bonds is 5. The maximum Gasteiger partial charge on any atom is 0.131 e. The molecule has 29 heavy (non-hydrogen) atoms. The molecular formula is C23H20Cl2N2O2. The lowest BCUT2D eigenvalue weighted by Crippen LogP contribution is -2.19. The van der Waals surface area contributed by atoms with E-state index in [1.807, 2.05) is 71.7 Å². The van der Waals surface area contributed by atoms with E-state index >= 15 is 0 Å². The normalized spacial score (nSPS) is 15.9. The van der Waals surface area contributed by atoms with Gasteiger partial charge in [-0.25, -0.2) is 0 Å². The van der Waals surface area contributed by atoms with Crippen molar-refractivity contribution >= 4 is 34.6 Å². The van der Waals surface area contributed by atoms with E-state index in [4.69, 9.17) is 37.8 Å². The average Bonchev–Trinajstić information content (AvgIpc) is 3.18. The summed E-state index contributed by atoms with van der Waals surface area (Å²) in [4.78, 5) is 0. The molecule has 6 heteroatoms. The minimum absolute atomic E-state index is 0.125. The standard InChI is InChI=1S/C23H20Cl2N2O2/c1-28-16-11-12-17(22(13-16)29-2)20-14-21(23-18(24)9-6-10-19(23)25)27(26-20)15-7-4-3-5-8-15/h3-13,21H,14H2,1-2H3. The van der Waals surface area contributed by atoms with Gasteiger partial charge in [0.15, 0.2) is 0 Å². The van der Waals surface area contributed by atoms with E-state index in [9.17, 15) is 0 Å². The molecule has 3 aromatic rings. The van der Waals surface area contributed by atoms with E-state index in [-0.39, 0.29) is 6.04 Å².